The van der Waals surface area contributed by atoms with Gasteiger partial charge in [-0.05, 0) is 18.2 Å². The minimum Gasteiger partial charge on any atom is -0.481 e. The highest BCUT2D eigenvalue weighted by Gasteiger charge is 2.17. The molecular weight excluding hydrogens is 262 g/mol. The van der Waals surface area contributed by atoms with Crippen molar-refractivity contribution >= 4 is 23.5 Å². The first-order valence-corrected chi connectivity index (χ1v) is 5.91. The molecule has 0 saturated heterocycles. The number of carboxylic acid groups (broad SMARTS) is 1. The number of hydrogen-bond acceptors (Lipinski definition) is 4. The SMILES string of the molecule is CN(C)C(=O)c1cccc(NC(=O)C(N)CC(=O)O)c1. The Morgan fingerprint density at radius 1 is 1.35 bits per heavy atom. The second kappa shape index (κ2) is 6.67. The summed E-state index contributed by atoms with van der Waals surface area (Å²) in [7, 11) is 3.24. The van der Waals surface area contributed by atoms with Crippen molar-refractivity contribution in [2.45, 2.75) is 12.5 Å². The quantitative estimate of drug-likeness (QED) is 0.709. The van der Waals surface area contributed by atoms with E-state index in [1.807, 2.05) is 0 Å². The van der Waals surface area contributed by atoms with Gasteiger partial charge in [0, 0.05) is 25.3 Å². The Morgan fingerprint density at radius 3 is 2.55 bits per heavy atom. The number of nitrogens with two attached hydrogens (primary N) is 1. The van der Waals surface area contributed by atoms with E-state index in [0.29, 0.717) is 11.3 Å². The highest BCUT2D eigenvalue weighted by atomic mass is 16.4. The molecule has 108 valence electrons. The Morgan fingerprint density at radius 2 is 2.00 bits per heavy atom. The molecule has 1 aromatic rings. The summed E-state index contributed by atoms with van der Waals surface area (Å²) in [4.78, 5) is 35.3. The monoisotopic (exact) mass is 279 g/mol. The molecule has 2 amide bonds. The molecule has 0 aliphatic heterocycles. The van der Waals surface area contributed by atoms with E-state index in [9.17, 15) is 14.4 Å². The standard InChI is InChI=1S/C13H17N3O4/c1-16(2)13(20)8-4-3-5-9(6-8)15-12(19)10(14)7-11(17)18/h3-6,10H,7,14H2,1-2H3,(H,15,19)(H,17,18). The van der Waals surface area contributed by atoms with E-state index < -0.39 is 24.3 Å². The lowest BCUT2D eigenvalue weighted by atomic mass is 10.1. The van der Waals surface area contributed by atoms with Gasteiger partial charge < -0.3 is 21.1 Å². The van der Waals surface area contributed by atoms with E-state index in [4.69, 9.17) is 10.8 Å². The summed E-state index contributed by atoms with van der Waals surface area (Å²) < 4.78 is 0. The molecule has 0 radical (unpaired) electrons. The predicted octanol–water partition coefficient (Wildman–Crippen LogP) is 0.129. The van der Waals surface area contributed by atoms with Crippen LogP contribution in [0.4, 0.5) is 5.69 Å². The maximum atomic E-state index is 11.8. The average molecular weight is 279 g/mol. The molecule has 1 unspecified atom stereocenters. The van der Waals surface area contributed by atoms with Gasteiger partial charge in [-0.1, -0.05) is 6.07 Å². The molecular formula is C13H17N3O4. The summed E-state index contributed by atoms with van der Waals surface area (Å²) in [6, 6.07) is 5.20. The molecule has 0 aromatic heterocycles. The summed E-state index contributed by atoms with van der Waals surface area (Å²) in [6.45, 7) is 0. The molecule has 4 N–H and O–H groups in total. The van der Waals surface area contributed by atoms with E-state index in [2.05, 4.69) is 5.32 Å². The highest BCUT2D eigenvalue weighted by Crippen LogP contribution is 2.12. The van der Waals surface area contributed by atoms with Gasteiger partial charge in [-0.3, -0.25) is 14.4 Å². The van der Waals surface area contributed by atoms with Crippen LogP contribution in [0, 0.1) is 0 Å². The van der Waals surface area contributed by atoms with E-state index in [1.54, 1.807) is 32.3 Å². The van der Waals surface area contributed by atoms with Crippen molar-refractivity contribution in [3.63, 3.8) is 0 Å². The fraction of sp³-hybridized carbons (Fsp3) is 0.308. The molecule has 1 atom stereocenters. The lowest BCUT2D eigenvalue weighted by Gasteiger charge is -2.13. The number of carboxylic acids is 1. The minimum atomic E-state index is -1.15. The number of amides is 2. The number of aliphatic carboxylic acids is 1. The van der Waals surface area contributed by atoms with Crippen molar-refractivity contribution in [1.29, 1.82) is 0 Å². The predicted molar refractivity (Wildman–Crippen MR) is 73.3 cm³/mol. The van der Waals surface area contributed by atoms with Gasteiger partial charge in [0.05, 0.1) is 12.5 Å². The average Bonchev–Trinajstić information content (AvgIpc) is 2.37. The van der Waals surface area contributed by atoms with Crippen LogP contribution in [-0.4, -0.2) is 47.9 Å². The molecule has 20 heavy (non-hydrogen) atoms. The Balaban J connectivity index is 2.78. The smallest absolute Gasteiger partial charge is 0.305 e. The third kappa shape index (κ3) is 4.36. The van der Waals surface area contributed by atoms with Crippen molar-refractivity contribution in [2.75, 3.05) is 19.4 Å². The molecule has 7 nitrogen and oxygen atoms in total. The van der Waals surface area contributed by atoms with Gasteiger partial charge in [0.25, 0.3) is 5.91 Å². The van der Waals surface area contributed by atoms with Gasteiger partial charge in [-0.25, -0.2) is 0 Å². The Kier molecular flexibility index (Phi) is 5.22. The van der Waals surface area contributed by atoms with Gasteiger partial charge in [-0.2, -0.15) is 0 Å². The largest absolute Gasteiger partial charge is 0.481 e. The van der Waals surface area contributed by atoms with Crippen molar-refractivity contribution in [3.05, 3.63) is 29.8 Å². The lowest BCUT2D eigenvalue weighted by molar-refractivity contribution is -0.138. The van der Waals surface area contributed by atoms with Gasteiger partial charge in [0.1, 0.15) is 0 Å². The van der Waals surface area contributed by atoms with Crippen molar-refractivity contribution < 1.29 is 19.5 Å². The number of nitrogens with zero attached hydrogens (tertiary/aromatic N) is 1. The molecule has 0 aliphatic carbocycles. The summed E-state index contributed by atoms with van der Waals surface area (Å²) in [5.41, 5.74) is 6.25. The van der Waals surface area contributed by atoms with Crippen LogP contribution in [0.15, 0.2) is 24.3 Å². The van der Waals surface area contributed by atoms with E-state index >= 15 is 0 Å². The topological polar surface area (TPSA) is 113 Å². The Labute approximate surface area is 116 Å². The molecule has 0 spiro atoms. The number of carbonyl (C=O) groups is 3. The summed E-state index contributed by atoms with van der Waals surface area (Å²) >= 11 is 0. The van der Waals surface area contributed by atoms with E-state index in [-0.39, 0.29) is 5.91 Å². The van der Waals surface area contributed by atoms with Crippen LogP contribution in [0.3, 0.4) is 0 Å². The molecule has 0 bridgehead atoms. The van der Waals surface area contributed by atoms with Crippen molar-refractivity contribution in [2.24, 2.45) is 5.73 Å². The van der Waals surface area contributed by atoms with Crippen LogP contribution in [0.5, 0.6) is 0 Å². The number of anilines is 1. The second-order valence-corrected chi connectivity index (χ2v) is 4.47. The van der Waals surface area contributed by atoms with Gasteiger partial charge in [0.15, 0.2) is 0 Å². The number of rotatable bonds is 5. The van der Waals surface area contributed by atoms with Crippen LogP contribution in [0.1, 0.15) is 16.8 Å². The molecule has 0 fully saturated rings. The summed E-state index contributed by atoms with van der Waals surface area (Å²) in [5.74, 6) is -1.96. The van der Waals surface area contributed by atoms with Gasteiger partial charge >= 0.3 is 5.97 Å². The number of benzene rings is 1. The zero-order valence-corrected chi connectivity index (χ0v) is 11.3. The second-order valence-electron chi connectivity index (χ2n) is 4.47. The first-order valence-electron chi connectivity index (χ1n) is 5.91. The van der Waals surface area contributed by atoms with Gasteiger partial charge in [0.2, 0.25) is 5.91 Å². The van der Waals surface area contributed by atoms with E-state index in [1.165, 1.54) is 11.0 Å². The van der Waals surface area contributed by atoms with Crippen molar-refractivity contribution in [1.82, 2.24) is 4.90 Å². The lowest BCUT2D eigenvalue weighted by Crippen LogP contribution is -2.37. The Bertz CT molecular complexity index is 528. The van der Waals surface area contributed by atoms with Crippen LogP contribution in [-0.2, 0) is 9.59 Å². The summed E-state index contributed by atoms with van der Waals surface area (Å²) in [6.07, 6.45) is -0.456. The van der Waals surface area contributed by atoms with Crippen LogP contribution in [0.2, 0.25) is 0 Å². The third-order valence-electron chi connectivity index (χ3n) is 2.51. The first kappa shape index (κ1) is 15.6. The van der Waals surface area contributed by atoms with Crippen LogP contribution in [0.25, 0.3) is 0 Å². The molecule has 0 saturated carbocycles. The highest BCUT2D eigenvalue weighted by molar-refractivity contribution is 5.99. The first-order chi connectivity index (χ1) is 9.31. The van der Waals surface area contributed by atoms with Crippen LogP contribution < -0.4 is 11.1 Å². The molecule has 1 aromatic carbocycles. The number of carbonyl (C=O) groups excluding carboxylic acids is 2. The van der Waals surface area contributed by atoms with E-state index in [0.717, 1.165) is 0 Å². The molecule has 0 aliphatic rings. The fourth-order valence-electron chi connectivity index (χ4n) is 1.50. The van der Waals surface area contributed by atoms with Crippen molar-refractivity contribution in [3.8, 4) is 0 Å². The Hall–Kier alpha value is -2.41. The van der Waals surface area contributed by atoms with Crippen LogP contribution >= 0.6 is 0 Å². The maximum Gasteiger partial charge on any atom is 0.305 e. The molecule has 1 rings (SSSR count). The zero-order valence-electron chi connectivity index (χ0n) is 11.3. The minimum absolute atomic E-state index is 0.198. The zero-order chi connectivity index (χ0) is 15.3. The van der Waals surface area contributed by atoms with Gasteiger partial charge in [-0.15, -0.1) is 0 Å². The fourth-order valence-corrected chi connectivity index (χ4v) is 1.50. The molecule has 0 heterocycles. The normalized spacial score (nSPS) is 11.6. The number of hydrogen-bond donors (Lipinski definition) is 3. The number of nitrogens with one attached hydrogen (secondary N) is 1. The third-order valence-corrected chi connectivity index (χ3v) is 2.51. The maximum absolute atomic E-state index is 11.8. The summed E-state index contributed by atoms with van der Waals surface area (Å²) in [5, 5.41) is 11.0. The molecule has 7 heteroatoms.